The van der Waals surface area contributed by atoms with E-state index in [9.17, 15) is 9.50 Å². The Balaban J connectivity index is 1.97. The summed E-state index contributed by atoms with van der Waals surface area (Å²) in [6.45, 7) is 2.57. The van der Waals surface area contributed by atoms with E-state index in [1.165, 1.54) is 13.2 Å². The lowest BCUT2D eigenvalue weighted by molar-refractivity contribution is -0.0329. The van der Waals surface area contributed by atoms with Gasteiger partial charge in [0.05, 0.1) is 12.7 Å². The zero-order valence-corrected chi connectivity index (χ0v) is 10.9. The van der Waals surface area contributed by atoms with Gasteiger partial charge in [-0.1, -0.05) is 6.07 Å². The highest BCUT2D eigenvalue weighted by molar-refractivity contribution is 5.31. The first-order chi connectivity index (χ1) is 8.54. The number of benzene rings is 1. The summed E-state index contributed by atoms with van der Waals surface area (Å²) >= 11 is 0. The Morgan fingerprint density at radius 3 is 2.78 bits per heavy atom. The van der Waals surface area contributed by atoms with Crippen LogP contribution in [0, 0.1) is 5.82 Å². The minimum absolute atomic E-state index is 0.0594. The van der Waals surface area contributed by atoms with Crippen LogP contribution in [0.5, 0.6) is 5.75 Å². The van der Waals surface area contributed by atoms with Crippen molar-refractivity contribution in [2.24, 2.45) is 0 Å². The fraction of sp³-hybridized carbons (Fsp3) is 0.571. The molecule has 100 valence electrons. The van der Waals surface area contributed by atoms with E-state index in [1.807, 2.05) is 6.92 Å². The maximum Gasteiger partial charge on any atom is 0.165 e. The Hall–Kier alpha value is -1.13. The molecule has 0 heterocycles. The number of methoxy groups -OCH3 is 1. The van der Waals surface area contributed by atoms with Gasteiger partial charge in [-0.3, -0.25) is 0 Å². The number of nitrogens with one attached hydrogen (secondary N) is 1. The summed E-state index contributed by atoms with van der Waals surface area (Å²) in [5, 5.41) is 13.3. The molecular weight excluding hydrogens is 233 g/mol. The van der Waals surface area contributed by atoms with Crippen molar-refractivity contribution in [3.63, 3.8) is 0 Å². The number of ether oxygens (including phenoxy) is 1. The summed E-state index contributed by atoms with van der Waals surface area (Å²) in [6.07, 6.45) is 2.82. The van der Waals surface area contributed by atoms with Gasteiger partial charge in [-0.2, -0.15) is 0 Å². The molecule has 1 saturated carbocycles. The van der Waals surface area contributed by atoms with Gasteiger partial charge in [0.1, 0.15) is 0 Å². The highest BCUT2D eigenvalue weighted by atomic mass is 19.1. The summed E-state index contributed by atoms with van der Waals surface area (Å²) in [6, 6.07) is 4.90. The molecule has 1 aliphatic rings. The van der Waals surface area contributed by atoms with Crippen LogP contribution in [0.4, 0.5) is 4.39 Å². The Morgan fingerprint density at radius 1 is 1.50 bits per heavy atom. The minimum atomic E-state index is -0.543. The number of hydrogen-bond acceptors (Lipinski definition) is 3. The zero-order chi connectivity index (χ0) is 13.2. The van der Waals surface area contributed by atoms with Gasteiger partial charge in [-0.05, 0) is 43.9 Å². The molecule has 1 fully saturated rings. The van der Waals surface area contributed by atoms with Crippen LogP contribution in [0.1, 0.15) is 37.8 Å². The molecule has 1 aliphatic carbocycles. The first-order valence-corrected chi connectivity index (χ1v) is 6.33. The van der Waals surface area contributed by atoms with E-state index >= 15 is 0 Å². The van der Waals surface area contributed by atoms with Crippen LogP contribution >= 0.6 is 0 Å². The standard InChI is InChI=1S/C14H20FNO2/c1-10(16-9-14(17)6-3-7-14)11-4-5-12(15)13(8-11)18-2/h4-5,8,10,16-17H,3,6-7,9H2,1-2H3. The maximum atomic E-state index is 13.3. The van der Waals surface area contributed by atoms with Crippen molar-refractivity contribution in [3.05, 3.63) is 29.6 Å². The van der Waals surface area contributed by atoms with E-state index < -0.39 is 5.60 Å². The van der Waals surface area contributed by atoms with Crippen LogP contribution < -0.4 is 10.1 Å². The quantitative estimate of drug-likeness (QED) is 0.846. The van der Waals surface area contributed by atoms with Crippen LogP contribution in [-0.2, 0) is 0 Å². The molecule has 2 rings (SSSR count). The van der Waals surface area contributed by atoms with Gasteiger partial charge in [0, 0.05) is 12.6 Å². The summed E-state index contributed by atoms with van der Waals surface area (Å²) in [7, 11) is 1.46. The lowest BCUT2D eigenvalue weighted by Crippen LogP contribution is -2.46. The molecule has 0 aromatic heterocycles. The van der Waals surface area contributed by atoms with Crippen LogP contribution in [-0.4, -0.2) is 24.4 Å². The Morgan fingerprint density at radius 2 is 2.22 bits per heavy atom. The average molecular weight is 253 g/mol. The third kappa shape index (κ3) is 2.82. The maximum absolute atomic E-state index is 13.3. The normalized spacial score (nSPS) is 19.1. The topological polar surface area (TPSA) is 41.5 Å². The molecule has 18 heavy (non-hydrogen) atoms. The molecule has 1 aromatic carbocycles. The second-order valence-corrected chi connectivity index (χ2v) is 5.07. The molecule has 3 nitrogen and oxygen atoms in total. The lowest BCUT2D eigenvalue weighted by atomic mass is 9.80. The highest BCUT2D eigenvalue weighted by Crippen LogP contribution is 2.31. The first kappa shape index (κ1) is 13.3. The largest absolute Gasteiger partial charge is 0.494 e. The van der Waals surface area contributed by atoms with Crippen molar-refractivity contribution in [3.8, 4) is 5.75 Å². The van der Waals surface area contributed by atoms with E-state index in [2.05, 4.69) is 5.32 Å². The van der Waals surface area contributed by atoms with E-state index in [0.29, 0.717) is 6.54 Å². The Labute approximate surface area is 107 Å². The molecule has 0 saturated heterocycles. The molecule has 0 amide bonds. The van der Waals surface area contributed by atoms with Crippen LogP contribution in [0.15, 0.2) is 18.2 Å². The van der Waals surface area contributed by atoms with Gasteiger partial charge >= 0.3 is 0 Å². The first-order valence-electron chi connectivity index (χ1n) is 6.33. The monoisotopic (exact) mass is 253 g/mol. The third-order valence-electron chi connectivity index (χ3n) is 3.70. The van der Waals surface area contributed by atoms with Crippen LogP contribution in [0.25, 0.3) is 0 Å². The van der Waals surface area contributed by atoms with Crippen molar-refractivity contribution in [1.82, 2.24) is 5.32 Å². The molecular formula is C14H20FNO2. The van der Waals surface area contributed by atoms with Crippen LogP contribution in [0.2, 0.25) is 0 Å². The van der Waals surface area contributed by atoms with Gasteiger partial charge in [0.2, 0.25) is 0 Å². The number of rotatable bonds is 5. The number of hydrogen-bond donors (Lipinski definition) is 2. The van der Waals surface area contributed by atoms with E-state index in [0.717, 1.165) is 24.8 Å². The summed E-state index contributed by atoms with van der Waals surface area (Å²) in [4.78, 5) is 0. The molecule has 0 radical (unpaired) electrons. The molecule has 1 atom stereocenters. The zero-order valence-electron chi connectivity index (χ0n) is 10.9. The number of aliphatic hydroxyl groups is 1. The SMILES string of the molecule is COc1cc(C(C)NCC2(O)CCC2)ccc1F. The predicted octanol–water partition coefficient (Wildman–Crippen LogP) is 2.40. The molecule has 0 bridgehead atoms. The Kier molecular flexibility index (Phi) is 3.88. The minimum Gasteiger partial charge on any atom is -0.494 e. The van der Waals surface area contributed by atoms with Crippen LogP contribution in [0.3, 0.4) is 0 Å². The smallest absolute Gasteiger partial charge is 0.165 e. The second kappa shape index (κ2) is 5.24. The van der Waals surface area contributed by atoms with Crippen molar-refractivity contribution in [2.75, 3.05) is 13.7 Å². The van der Waals surface area contributed by atoms with Crippen molar-refractivity contribution in [2.45, 2.75) is 37.8 Å². The van der Waals surface area contributed by atoms with Gasteiger partial charge in [0.15, 0.2) is 11.6 Å². The van der Waals surface area contributed by atoms with Gasteiger partial charge in [-0.25, -0.2) is 4.39 Å². The fourth-order valence-corrected chi connectivity index (χ4v) is 2.17. The summed E-state index contributed by atoms with van der Waals surface area (Å²) < 4.78 is 18.2. The predicted molar refractivity (Wildman–Crippen MR) is 68.2 cm³/mol. The summed E-state index contributed by atoms with van der Waals surface area (Å²) in [5.74, 6) is -0.102. The highest BCUT2D eigenvalue weighted by Gasteiger charge is 2.34. The van der Waals surface area contributed by atoms with Crippen molar-refractivity contribution < 1.29 is 14.2 Å². The molecule has 0 spiro atoms. The molecule has 0 aliphatic heterocycles. The number of halogens is 1. The average Bonchev–Trinajstić information content (AvgIpc) is 2.34. The van der Waals surface area contributed by atoms with Crippen molar-refractivity contribution in [1.29, 1.82) is 0 Å². The van der Waals surface area contributed by atoms with E-state index in [-0.39, 0.29) is 17.6 Å². The van der Waals surface area contributed by atoms with Gasteiger partial charge in [-0.15, -0.1) is 0 Å². The van der Waals surface area contributed by atoms with E-state index in [4.69, 9.17) is 4.74 Å². The second-order valence-electron chi connectivity index (χ2n) is 5.07. The van der Waals surface area contributed by atoms with Gasteiger partial charge in [0.25, 0.3) is 0 Å². The summed E-state index contributed by atoms with van der Waals surface area (Å²) in [5.41, 5.74) is 0.412. The Bertz CT molecular complexity index is 418. The third-order valence-corrected chi connectivity index (χ3v) is 3.70. The van der Waals surface area contributed by atoms with E-state index in [1.54, 1.807) is 12.1 Å². The molecule has 1 aromatic rings. The molecule has 4 heteroatoms. The van der Waals surface area contributed by atoms with Gasteiger partial charge < -0.3 is 15.2 Å². The fourth-order valence-electron chi connectivity index (χ4n) is 2.17. The molecule has 2 N–H and O–H groups in total. The van der Waals surface area contributed by atoms with Crippen molar-refractivity contribution >= 4 is 0 Å². The lowest BCUT2D eigenvalue weighted by Gasteiger charge is -2.37. The molecule has 1 unspecified atom stereocenters.